The van der Waals surface area contributed by atoms with E-state index in [9.17, 15) is 19.7 Å². The van der Waals surface area contributed by atoms with Gasteiger partial charge in [0.15, 0.2) is 0 Å². The van der Waals surface area contributed by atoms with Gasteiger partial charge in [-0.3, -0.25) is 14.9 Å². The summed E-state index contributed by atoms with van der Waals surface area (Å²) >= 11 is 1.35. The van der Waals surface area contributed by atoms with E-state index in [0.29, 0.717) is 12.3 Å². The highest BCUT2D eigenvalue weighted by atomic mass is 32.2. The van der Waals surface area contributed by atoms with E-state index in [1.54, 1.807) is 6.92 Å². The topological polar surface area (TPSA) is 106 Å². The molecule has 0 aromatic carbocycles. The highest BCUT2D eigenvalue weighted by Crippen LogP contribution is 2.25. The van der Waals surface area contributed by atoms with Gasteiger partial charge in [-0.2, -0.15) is 0 Å². The average Bonchev–Trinajstić information content (AvgIpc) is 3.04. The Morgan fingerprint density at radius 3 is 2.85 bits per heavy atom. The Kier molecular flexibility index (Phi) is 3.98. The summed E-state index contributed by atoms with van der Waals surface area (Å²) in [7, 11) is 0. The van der Waals surface area contributed by atoms with E-state index < -0.39 is 22.8 Å². The second-order valence-corrected chi connectivity index (χ2v) is 5.26. The number of hydrogen-bond acceptors (Lipinski definition) is 5. The third kappa shape index (κ3) is 2.48. The van der Waals surface area contributed by atoms with Crippen molar-refractivity contribution >= 4 is 29.3 Å². The predicted molar refractivity (Wildman–Crippen MR) is 71.7 cm³/mol. The Morgan fingerprint density at radius 1 is 1.60 bits per heavy atom. The first-order valence-corrected chi connectivity index (χ1v) is 7.07. The highest BCUT2D eigenvalue weighted by molar-refractivity contribution is 7.99. The quantitative estimate of drug-likeness (QED) is 0.657. The Labute approximate surface area is 118 Å². The van der Waals surface area contributed by atoms with Crippen LogP contribution in [-0.2, 0) is 11.3 Å². The number of carboxylic acids is 1. The first-order chi connectivity index (χ1) is 9.45. The van der Waals surface area contributed by atoms with Gasteiger partial charge in [0.2, 0.25) is 0 Å². The molecule has 9 heteroatoms. The minimum absolute atomic E-state index is 0.146. The number of carboxylic acid groups (broad SMARTS) is 1. The molecule has 1 aromatic heterocycles. The lowest BCUT2D eigenvalue weighted by Crippen LogP contribution is -2.42. The van der Waals surface area contributed by atoms with Gasteiger partial charge < -0.3 is 14.6 Å². The fourth-order valence-electron chi connectivity index (χ4n) is 2.03. The molecule has 0 spiro atoms. The van der Waals surface area contributed by atoms with Gasteiger partial charge in [-0.1, -0.05) is 0 Å². The summed E-state index contributed by atoms with van der Waals surface area (Å²) in [5, 5.41) is 19.8. The lowest BCUT2D eigenvalue weighted by atomic mass is 10.2. The van der Waals surface area contributed by atoms with Crippen molar-refractivity contribution in [1.29, 1.82) is 0 Å². The molecule has 1 aromatic rings. The maximum atomic E-state index is 12.4. The van der Waals surface area contributed by atoms with Crippen LogP contribution in [0.4, 0.5) is 5.69 Å². The van der Waals surface area contributed by atoms with Crippen LogP contribution in [0, 0.1) is 10.1 Å². The molecule has 20 heavy (non-hydrogen) atoms. The highest BCUT2D eigenvalue weighted by Gasteiger charge is 2.36. The van der Waals surface area contributed by atoms with Crippen molar-refractivity contribution in [3.05, 3.63) is 28.1 Å². The van der Waals surface area contributed by atoms with Gasteiger partial charge in [-0.15, -0.1) is 11.8 Å². The number of carbonyl (C=O) groups excluding carboxylic acids is 1. The van der Waals surface area contributed by atoms with Crippen molar-refractivity contribution in [2.75, 3.05) is 11.6 Å². The Bertz CT molecular complexity index is 570. The largest absolute Gasteiger partial charge is 0.480 e. The fourth-order valence-corrected chi connectivity index (χ4v) is 3.18. The zero-order chi connectivity index (χ0) is 14.9. The third-order valence-electron chi connectivity index (χ3n) is 3.08. The number of thioether (sulfide) groups is 1. The van der Waals surface area contributed by atoms with E-state index in [4.69, 9.17) is 5.11 Å². The molecule has 1 fully saturated rings. The van der Waals surface area contributed by atoms with E-state index in [1.807, 2.05) is 0 Å². The molecule has 1 aliphatic rings. The molecule has 0 saturated carbocycles. The van der Waals surface area contributed by atoms with Gasteiger partial charge in [0.1, 0.15) is 11.7 Å². The minimum Gasteiger partial charge on any atom is -0.480 e. The Morgan fingerprint density at radius 2 is 2.30 bits per heavy atom. The Balaban J connectivity index is 2.33. The van der Waals surface area contributed by atoms with Gasteiger partial charge >= 0.3 is 5.97 Å². The molecule has 1 saturated heterocycles. The molecule has 0 aliphatic carbocycles. The van der Waals surface area contributed by atoms with Gasteiger partial charge in [-0.05, 0) is 6.92 Å². The normalized spacial score (nSPS) is 18.2. The molecule has 0 unspecified atom stereocenters. The number of aliphatic carboxylic acids is 1. The lowest BCUT2D eigenvalue weighted by molar-refractivity contribution is -0.384. The van der Waals surface area contributed by atoms with Gasteiger partial charge in [0.05, 0.1) is 17.0 Å². The number of nitrogens with zero attached hydrogens (tertiary/aromatic N) is 3. The number of hydrogen-bond donors (Lipinski definition) is 1. The molecule has 2 rings (SSSR count). The zero-order valence-corrected chi connectivity index (χ0v) is 11.5. The summed E-state index contributed by atoms with van der Waals surface area (Å²) in [5.74, 6) is -0.945. The molecular formula is C11H13N3O5S. The second kappa shape index (κ2) is 5.53. The van der Waals surface area contributed by atoms with Crippen molar-refractivity contribution in [2.24, 2.45) is 0 Å². The smallest absolute Gasteiger partial charge is 0.327 e. The van der Waals surface area contributed by atoms with E-state index in [-0.39, 0.29) is 17.3 Å². The third-order valence-corrected chi connectivity index (χ3v) is 4.09. The summed E-state index contributed by atoms with van der Waals surface area (Å²) in [5.41, 5.74) is -0.0260. The molecule has 1 aliphatic heterocycles. The van der Waals surface area contributed by atoms with Crippen LogP contribution in [0.5, 0.6) is 0 Å². The first-order valence-electron chi connectivity index (χ1n) is 5.91. The van der Waals surface area contributed by atoms with Crippen LogP contribution in [0.3, 0.4) is 0 Å². The molecule has 2 heterocycles. The SMILES string of the molecule is CCn1cc([N+](=O)[O-])cc1C(=O)N1CSC[C@H]1C(=O)O. The maximum absolute atomic E-state index is 12.4. The van der Waals surface area contributed by atoms with Crippen LogP contribution in [0.25, 0.3) is 0 Å². The standard InChI is InChI=1S/C11H13N3O5S/c1-2-12-4-7(14(18)19)3-8(12)10(15)13-6-20-5-9(13)11(16)17/h3-4,9H,2,5-6H2,1H3,(H,16,17)/t9-/m0/s1. The fraction of sp³-hybridized carbons (Fsp3) is 0.455. The van der Waals surface area contributed by atoms with Gasteiger partial charge in [0.25, 0.3) is 11.6 Å². The van der Waals surface area contributed by atoms with Crippen LogP contribution < -0.4 is 0 Å². The van der Waals surface area contributed by atoms with Crippen LogP contribution in [0.1, 0.15) is 17.4 Å². The average molecular weight is 299 g/mol. The van der Waals surface area contributed by atoms with Crippen molar-refractivity contribution in [3.8, 4) is 0 Å². The molecule has 1 N–H and O–H groups in total. The summed E-state index contributed by atoms with van der Waals surface area (Å²) in [6, 6.07) is 0.306. The van der Waals surface area contributed by atoms with Crippen LogP contribution in [0.15, 0.2) is 12.3 Å². The predicted octanol–water partition coefficient (Wildman–Crippen LogP) is 1.02. The molecule has 1 amide bonds. The summed E-state index contributed by atoms with van der Waals surface area (Å²) < 4.78 is 1.46. The van der Waals surface area contributed by atoms with Gasteiger partial charge in [-0.25, -0.2) is 4.79 Å². The van der Waals surface area contributed by atoms with Crippen LogP contribution in [-0.4, -0.2) is 49.0 Å². The van der Waals surface area contributed by atoms with Crippen molar-refractivity contribution in [2.45, 2.75) is 19.5 Å². The molecular weight excluding hydrogens is 286 g/mol. The molecule has 1 atom stereocenters. The minimum atomic E-state index is -1.06. The van der Waals surface area contributed by atoms with Crippen LogP contribution in [0.2, 0.25) is 0 Å². The molecule has 108 valence electrons. The molecule has 0 radical (unpaired) electrons. The summed E-state index contributed by atoms with van der Waals surface area (Å²) in [6.45, 7) is 2.15. The van der Waals surface area contributed by atoms with Crippen LogP contribution >= 0.6 is 11.8 Å². The summed E-state index contributed by atoms with van der Waals surface area (Å²) in [6.07, 6.45) is 1.28. The van der Waals surface area contributed by atoms with Crippen molar-refractivity contribution in [1.82, 2.24) is 9.47 Å². The van der Waals surface area contributed by atoms with E-state index in [1.165, 1.54) is 33.5 Å². The number of aryl methyl sites for hydroxylation is 1. The van der Waals surface area contributed by atoms with E-state index >= 15 is 0 Å². The van der Waals surface area contributed by atoms with Crippen molar-refractivity contribution < 1.29 is 19.6 Å². The molecule has 8 nitrogen and oxygen atoms in total. The van der Waals surface area contributed by atoms with Gasteiger partial charge in [0, 0.05) is 18.4 Å². The van der Waals surface area contributed by atoms with E-state index in [2.05, 4.69) is 0 Å². The maximum Gasteiger partial charge on any atom is 0.327 e. The number of nitro groups is 1. The second-order valence-electron chi connectivity index (χ2n) is 4.26. The number of aromatic nitrogens is 1. The summed E-state index contributed by atoms with van der Waals surface area (Å²) in [4.78, 5) is 34.9. The Hall–Kier alpha value is -2.03. The lowest BCUT2D eigenvalue weighted by Gasteiger charge is -2.20. The number of rotatable bonds is 4. The number of carbonyl (C=O) groups is 2. The first kappa shape index (κ1) is 14.4. The zero-order valence-electron chi connectivity index (χ0n) is 10.7. The van der Waals surface area contributed by atoms with Crippen molar-refractivity contribution in [3.63, 3.8) is 0 Å². The molecule has 0 bridgehead atoms. The number of amides is 1. The van der Waals surface area contributed by atoms with E-state index in [0.717, 1.165) is 0 Å². The monoisotopic (exact) mass is 299 g/mol.